The van der Waals surface area contributed by atoms with Crippen LogP contribution in [0.1, 0.15) is 130 Å². The Morgan fingerprint density at radius 3 is 1.41 bits per heavy atom. The summed E-state index contributed by atoms with van der Waals surface area (Å²) >= 11 is 0. The second kappa shape index (κ2) is 19.4. The van der Waals surface area contributed by atoms with Gasteiger partial charge in [0.25, 0.3) is 0 Å². The van der Waals surface area contributed by atoms with Gasteiger partial charge in [-0.1, -0.05) is 104 Å². The molecule has 0 saturated heterocycles. The Balaban J connectivity index is 3.96. The lowest BCUT2D eigenvalue weighted by Gasteiger charge is -2.34. The van der Waals surface area contributed by atoms with Gasteiger partial charge in [-0.2, -0.15) is 0 Å². The molecule has 0 aromatic rings. The number of unbranched alkanes of at least 4 members (excludes halogenated alkanes) is 13. The average Bonchev–Trinajstić information content (AvgIpc) is 2.76. The second-order valence-corrected chi connectivity index (χ2v) is 13.7. The van der Waals surface area contributed by atoms with Crippen molar-refractivity contribution in [1.82, 2.24) is 0 Å². The standard InChI is InChI=1S/C27H59NO3Si/c1-8-9-10-11-12-13-14-15-16-17-18-19-20-21-22-26(27(3,4)28)23-25(2)24-32(29-5,30-6)31-7/h25-26H,8-24,28H2,1-7H3. The zero-order chi connectivity index (χ0) is 24.3. The van der Waals surface area contributed by atoms with Crippen molar-refractivity contribution < 1.29 is 13.3 Å². The Morgan fingerprint density at radius 2 is 1.06 bits per heavy atom. The smallest absolute Gasteiger partial charge is 0.377 e. The average molecular weight is 474 g/mol. The topological polar surface area (TPSA) is 53.7 Å². The fourth-order valence-electron chi connectivity index (χ4n) is 4.87. The van der Waals surface area contributed by atoms with E-state index >= 15 is 0 Å². The quantitative estimate of drug-likeness (QED) is 0.120. The van der Waals surface area contributed by atoms with E-state index in [-0.39, 0.29) is 5.54 Å². The zero-order valence-electron chi connectivity index (χ0n) is 23.0. The molecule has 0 heterocycles. The monoisotopic (exact) mass is 473 g/mol. The first kappa shape index (κ1) is 32.1. The summed E-state index contributed by atoms with van der Waals surface area (Å²) in [5.74, 6) is 0.994. The number of hydrogen-bond donors (Lipinski definition) is 1. The Kier molecular flexibility index (Phi) is 19.4. The zero-order valence-corrected chi connectivity index (χ0v) is 24.0. The van der Waals surface area contributed by atoms with Gasteiger partial charge in [0, 0.05) is 32.9 Å². The van der Waals surface area contributed by atoms with Gasteiger partial charge in [0.15, 0.2) is 0 Å². The minimum Gasteiger partial charge on any atom is -0.377 e. The first-order chi connectivity index (χ1) is 15.2. The Labute approximate surface area is 203 Å². The van der Waals surface area contributed by atoms with Crippen LogP contribution in [0.5, 0.6) is 0 Å². The van der Waals surface area contributed by atoms with Crippen molar-refractivity contribution in [3.8, 4) is 0 Å². The van der Waals surface area contributed by atoms with Crippen LogP contribution in [-0.2, 0) is 13.3 Å². The second-order valence-electron chi connectivity index (χ2n) is 10.7. The summed E-state index contributed by atoms with van der Waals surface area (Å²) in [6, 6.07) is 0.849. The first-order valence-corrected chi connectivity index (χ1v) is 15.6. The number of hydrogen-bond acceptors (Lipinski definition) is 4. The third-order valence-electron chi connectivity index (χ3n) is 7.18. The molecule has 0 bridgehead atoms. The maximum absolute atomic E-state index is 6.56. The molecule has 0 saturated carbocycles. The Hall–Kier alpha value is 0.0569. The van der Waals surface area contributed by atoms with Gasteiger partial charge < -0.3 is 19.0 Å². The molecule has 0 radical (unpaired) electrons. The van der Waals surface area contributed by atoms with Gasteiger partial charge in [0.1, 0.15) is 0 Å². The summed E-state index contributed by atoms with van der Waals surface area (Å²) in [6.45, 7) is 8.93. The molecule has 0 amide bonds. The van der Waals surface area contributed by atoms with E-state index in [2.05, 4.69) is 27.7 Å². The minimum atomic E-state index is -2.52. The molecule has 0 aliphatic heterocycles. The highest BCUT2D eigenvalue weighted by Crippen LogP contribution is 2.32. The van der Waals surface area contributed by atoms with Gasteiger partial charge in [0.05, 0.1) is 0 Å². The van der Waals surface area contributed by atoms with E-state index in [9.17, 15) is 0 Å². The third kappa shape index (κ3) is 15.8. The normalized spacial score (nSPS) is 14.6. The SMILES string of the molecule is CCCCCCCCCCCCCCCCC(CC(C)C[Si](OC)(OC)OC)C(C)(C)N. The van der Waals surface area contributed by atoms with Gasteiger partial charge in [0.2, 0.25) is 0 Å². The van der Waals surface area contributed by atoms with Gasteiger partial charge in [-0.3, -0.25) is 0 Å². The van der Waals surface area contributed by atoms with Crippen molar-refractivity contribution in [3.05, 3.63) is 0 Å². The molecule has 0 spiro atoms. The van der Waals surface area contributed by atoms with E-state index in [1.54, 1.807) is 21.3 Å². The van der Waals surface area contributed by atoms with Crippen molar-refractivity contribution in [1.29, 1.82) is 0 Å². The highest BCUT2D eigenvalue weighted by Gasteiger charge is 2.40. The molecule has 0 rings (SSSR count). The van der Waals surface area contributed by atoms with Crippen molar-refractivity contribution in [2.75, 3.05) is 21.3 Å². The molecular formula is C27H59NO3Si. The number of rotatable bonds is 23. The van der Waals surface area contributed by atoms with Crippen LogP contribution < -0.4 is 5.73 Å². The van der Waals surface area contributed by atoms with Crippen molar-refractivity contribution in [3.63, 3.8) is 0 Å². The van der Waals surface area contributed by atoms with Crippen molar-refractivity contribution >= 4 is 8.80 Å². The molecular weight excluding hydrogens is 414 g/mol. The van der Waals surface area contributed by atoms with E-state index in [0.717, 1.165) is 12.5 Å². The van der Waals surface area contributed by atoms with Crippen LogP contribution in [0.15, 0.2) is 0 Å². The van der Waals surface area contributed by atoms with E-state index < -0.39 is 8.80 Å². The summed E-state index contributed by atoms with van der Waals surface area (Å²) < 4.78 is 16.9. The summed E-state index contributed by atoms with van der Waals surface area (Å²) in [6.07, 6.45) is 22.0. The summed E-state index contributed by atoms with van der Waals surface area (Å²) in [5.41, 5.74) is 6.41. The molecule has 2 atom stereocenters. The molecule has 194 valence electrons. The molecule has 0 fully saturated rings. The van der Waals surface area contributed by atoms with Crippen LogP contribution in [-0.4, -0.2) is 35.7 Å². The van der Waals surface area contributed by atoms with Gasteiger partial charge in [-0.25, -0.2) is 0 Å². The minimum absolute atomic E-state index is 0.151. The lowest BCUT2D eigenvalue weighted by molar-refractivity contribution is 0.115. The van der Waals surface area contributed by atoms with Crippen LogP contribution in [0.2, 0.25) is 6.04 Å². The lowest BCUT2D eigenvalue weighted by atomic mass is 9.79. The summed E-state index contributed by atoms with van der Waals surface area (Å²) in [7, 11) is 2.58. The molecule has 0 aliphatic carbocycles. The molecule has 32 heavy (non-hydrogen) atoms. The molecule has 0 aliphatic rings. The maximum atomic E-state index is 6.56. The van der Waals surface area contributed by atoms with E-state index in [0.29, 0.717) is 11.8 Å². The lowest BCUT2D eigenvalue weighted by Crippen LogP contribution is -2.46. The highest BCUT2D eigenvalue weighted by molar-refractivity contribution is 6.60. The Morgan fingerprint density at radius 1 is 0.688 bits per heavy atom. The maximum Gasteiger partial charge on any atom is 0.500 e. The predicted octanol–water partition coefficient (Wildman–Crippen LogP) is 8.12. The largest absolute Gasteiger partial charge is 0.500 e. The summed E-state index contributed by atoms with van der Waals surface area (Å²) in [5, 5.41) is 0. The third-order valence-corrected chi connectivity index (χ3v) is 10.2. The molecule has 0 aromatic heterocycles. The van der Waals surface area contributed by atoms with Crippen LogP contribution in [0, 0.1) is 11.8 Å². The molecule has 5 heteroatoms. The van der Waals surface area contributed by atoms with Crippen LogP contribution in [0.25, 0.3) is 0 Å². The van der Waals surface area contributed by atoms with Crippen molar-refractivity contribution in [2.45, 2.75) is 142 Å². The van der Waals surface area contributed by atoms with E-state index in [1.165, 1.54) is 96.3 Å². The fraction of sp³-hybridized carbons (Fsp3) is 1.00. The predicted molar refractivity (Wildman–Crippen MR) is 142 cm³/mol. The van der Waals surface area contributed by atoms with E-state index in [4.69, 9.17) is 19.0 Å². The summed E-state index contributed by atoms with van der Waals surface area (Å²) in [4.78, 5) is 0. The molecule has 2 unspecified atom stereocenters. The van der Waals surface area contributed by atoms with Gasteiger partial charge >= 0.3 is 8.80 Å². The molecule has 2 N–H and O–H groups in total. The van der Waals surface area contributed by atoms with Gasteiger partial charge in [-0.05, 0) is 38.5 Å². The van der Waals surface area contributed by atoms with Crippen LogP contribution in [0.3, 0.4) is 0 Å². The first-order valence-electron chi connectivity index (χ1n) is 13.7. The van der Waals surface area contributed by atoms with E-state index in [1.807, 2.05) is 0 Å². The highest BCUT2D eigenvalue weighted by atomic mass is 28.4. The van der Waals surface area contributed by atoms with Crippen molar-refractivity contribution in [2.24, 2.45) is 17.6 Å². The Bertz CT molecular complexity index is 402. The van der Waals surface area contributed by atoms with Crippen LogP contribution in [0.4, 0.5) is 0 Å². The van der Waals surface area contributed by atoms with Crippen LogP contribution >= 0.6 is 0 Å². The molecule has 0 aromatic carbocycles. The van der Waals surface area contributed by atoms with Gasteiger partial charge in [-0.15, -0.1) is 0 Å². The molecule has 4 nitrogen and oxygen atoms in total. The fourth-order valence-corrected chi connectivity index (χ4v) is 6.89. The number of nitrogens with two attached hydrogens (primary N) is 1.